The number of nitrogens with one attached hydrogen (secondary N) is 1. The second-order valence-corrected chi connectivity index (χ2v) is 14.3. The Balaban J connectivity index is 1.25. The summed E-state index contributed by atoms with van der Waals surface area (Å²) in [6.07, 6.45) is -5.42. The zero-order valence-corrected chi connectivity index (χ0v) is 23.2. The SMILES string of the molecule is Nc1nc2c(nnn2C2S[C@H](CO)[C@@H](F)[C@H]2P(O)(=S)OC[C@H]2O[C@@H](n3ccc4c(N)ncnc43)[C@@H](F)[C@@H]2O)c(=O)[nH]1. The Bertz CT molecular complexity index is 1720. The molecule has 9 atom stereocenters. The second kappa shape index (κ2) is 10.5. The maximum absolute atomic E-state index is 15.6. The van der Waals surface area contributed by atoms with Gasteiger partial charge in [-0.1, -0.05) is 5.21 Å². The van der Waals surface area contributed by atoms with Gasteiger partial charge in [0, 0.05) is 6.20 Å². The summed E-state index contributed by atoms with van der Waals surface area (Å²) in [6.45, 7) is -5.33. The van der Waals surface area contributed by atoms with Gasteiger partial charge in [0.05, 0.1) is 29.5 Å². The minimum absolute atomic E-state index is 0.0874. The van der Waals surface area contributed by atoms with Gasteiger partial charge in [0.2, 0.25) is 5.95 Å². The molecule has 8 N–H and O–H groups in total. The third-order valence-electron chi connectivity index (χ3n) is 6.97. The number of hydrogen-bond acceptors (Lipinski definition) is 14. The van der Waals surface area contributed by atoms with Gasteiger partial charge in [0.15, 0.2) is 30.1 Å². The number of aromatic nitrogens is 8. The number of aromatic amines is 1. The number of aliphatic hydroxyl groups excluding tert-OH is 2. The normalized spacial score (nSPS) is 31.7. The van der Waals surface area contributed by atoms with Crippen LogP contribution in [-0.2, 0) is 21.1 Å². The minimum Gasteiger partial charge on any atom is -0.395 e. The number of aliphatic hydroxyl groups is 2. The van der Waals surface area contributed by atoms with Crippen LogP contribution in [0.4, 0.5) is 20.5 Å². The Hall–Kier alpha value is -2.84. The number of anilines is 2. The summed E-state index contributed by atoms with van der Waals surface area (Å²) in [5.74, 6) is -0.0646. The van der Waals surface area contributed by atoms with Crippen LogP contribution < -0.4 is 17.0 Å². The number of halogens is 2. The van der Waals surface area contributed by atoms with Gasteiger partial charge in [-0.2, -0.15) is 4.98 Å². The highest BCUT2D eigenvalue weighted by Crippen LogP contribution is 2.62. The first-order valence-corrected chi connectivity index (χ1v) is 15.7. The number of nitrogen functional groups attached to an aromatic ring is 2. The zero-order chi connectivity index (χ0) is 29.2. The molecule has 2 saturated heterocycles. The first-order valence-electron chi connectivity index (χ1n) is 12.0. The van der Waals surface area contributed by atoms with E-state index in [1.807, 2.05) is 0 Å². The van der Waals surface area contributed by atoms with Crippen LogP contribution in [0, 0.1) is 0 Å². The van der Waals surface area contributed by atoms with Gasteiger partial charge >= 0.3 is 0 Å². The highest BCUT2D eigenvalue weighted by atomic mass is 32.5. The third-order valence-corrected chi connectivity index (χ3v) is 11.6. The summed E-state index contributed by atoms with van der Waals surface area (Å²) in [6, 6.07) is 1.57. The molecule has 0 saturated carbocycles. The fourth-order valence-electron chi connectivity index (χ4n) is 4.96. The lowest BCUT2D eigenvalue weighted by Gasteiger charge is -2.29. The predicted molar refractivity (Wildman–Crippen MR) is 146 cm³/mol. The van der Waals surface area contributed by atoms with E-state index in [1.165, 1.54) is 17.1 Å². The quantitative estimate of drug-likeness (QED) is 0.139. The van der Waals surface area contributed by atoms with Crippen molar-refractivity contribution in [2.75, 3.05) is 24.7 Å². The fraction of sp³-hybridized carbons (Fsp3) is 0.500. The Kier molecular flexibility index (Phi) is 7.22. The molecule has 4 aromatic rings. The second-order valence-electron chi connectivity index (χ2n) is 9.42. The molecular formula is C20H23F2N10O6PS2. The minimum atomic E-state index is -4.13. The van der Waals surface area contributed by atoms with Crippen molar-refractivity contribution < 1.29 is 33.1 Å². The Morgan fingerprint density at radius 1 is 1.27 bits per heavy atom. The molecule has 16 nitrogen and oxygen atoms in total. The monoisotopic (exact) mass is 632 g/mol. The number of H-pyrrole nitrogens is 1. The van der Waals surface area contributed by atoms with Crippen molar-refractivity contribution in [3.8, 4) is 0 Å². The van der Waals surface area contributed by atoms with Crippen molar-refractivity contribution in [2.24, 2.45) is 0 Å². The van der Waals surface area contributed by atoms with Crippen LogP contribution in [0.1, 0.15) is 11.6 Å². The van der Waals surface area contributed by atoms with Crippen molar-refractivity contribution in [3.05, 3.63) is 28.9 Å². The molecule has 41 heavy (non-hydrogen) atoms. The molecule has 220 valence electrons. The number of fused-ring (bicyclic) bond motifs is 2. The van der Waals surface area contributed by atoms with Gasteiger partial charge in [0.25, 0.3) is 5.56 Å². The van der Waals surface area contributed by atoms with Crippen LogP contribution in [0.25, 0.3) is 22.2 Å². The number of thioether (sulfide) groups is 1. The molecule has 0 aliphatic carbocycles. The number of nitrogens with two attached hydrogens (primary N) is 2. The van der Waals surface area contributed by atoms with Gasteiger partial charge in [-0.3, -0.25) is 9.78 Å². The smallest absolute Gasteiger partial charge is 0.282 e. The molecule has 6 rings (SSSR count). The summed E-state index contributed by atoms with van der Waals surface area (Å²) in [5.41, 5.74) is 9.37. The van der Waals surface area contributed by atoms with Crippen LogP contribution >= 0.6 is 18.3 Å². The van der Waals surface area contributed by atoms with E-state index in [0.717, 1.165) is 16.4 Å². The molecule has 2 unspecified atom stereocenters. The Labute approximate surface area is 237 Å². The highest BCUT2D eigenvalue weighted by Gasteiger charge is 2.54. The number of hydrogen-bond donors (Lipinski definition) is 6. The van der Waals surface area contributed by atoms with E-state index in [9.17, 15) is 19.9 Å². The fourth-order valence-corrected chi connectivity index (χ4v) is 9.77. The van der Waals surface area contributed by atoms with Crippen LogP contribution in [0.3, 0.4) is 0 Å². The standard InChI is InChI=1S/C20H23F2N10O6PS2/c21-9-8(3-33)41-19(32-16-11(29-30-32)17(35)28-20(24)27-16)13(9)39(36,40)37-4-7-12(34)10(22)18(38-7)31-2-1-6-14(23)25-5-26-15(6)31/h1-2,5,7-10,12-13,18-19,33-34H,3-4H2,(H,36,40)(H2,23,25,26)(H3,24,27,28,35)/t7-,8-,9-,10+,12-,13-,18-,19?,39?/m1/s1. The average molecular weight is 633 g/mol. The molecule has 4 aromatic heterocycles. The highest BCUT2D eigenvalue weighted by molar-refractivity contribution is 8.10. The lowest BCUT2D eigenvalue weighted by Crippen LogP contribution is -2.34. The molecule has 0 bridgehead atoms. The van der Waals surface area contributed by atoms with Gasteiger partial charge < -0.3 is 40.4 Å². The summed E-state index contributed by atoms with van der Waals surface area (Å²) in [4.78, 5) is 37.8. The summed E-state index contributed by atoms with van der Waals surface area (Å²) >= 11 is 6.26. The molecule has 2 aliphatic heterocycles. The lowest BCUT2D eigenvalue weighted by atomic mass is 10.1. The van der Waals surface area contributed by atoms with Crippen molar-refractivity contribution in [1.82, 2.24) is 39.5 Å². The van der Waals surface area contributed by atoms with Gasteiger partial charge in [-0.05, 0) is 17.9 Å². The first kappa shape index (κ1) is 28.3. The van der Waals surface area contributed by atoms with Crippen LogP contribution in [0.15, 0.2) is 23.4 Å². The molecule has 21 heteroatoms. The molecule has 0 spiro atoms. The van der Waals surface area contributed by atoms with E-state index < -0.39 is 72.3 Å². The molecule has 2 aliphatic rings. The van der Waals surface area contributed by atoms with Gasteiger partial charge in [-0.15, -0.1) is 16.9 Å². The summed E-state index contributed by atoms with van der Waals surface area (Å²) in [5, 5.41) is 26.3. The molecular weight excluding hydrogens is 609 g/mol. The Morgan fingerprint density at radius 3 is 2.80 bits per heavy atom. The van der Waals surface area contributed by atoms with Gasteiger partial charge in [0.1, 0.15) is 41.5 Å². The van der Waals surface area contributed by atoms with E-state index in [2.05, 4.69) is 30.2 Å². The van der Waals surface area contributed by atoms with Crippen molar-refractivity contribution in [3.63, 3.8) is 0 Å². The third kappa shape index (κ3) is 4.67. The van der Waals surface area contributed by atoms with E-state index >= 15 is 8.78 Å². The maximum Gasteiger partial charge on any atom is 0.282 e. The molecule has 6 heterocycles. The summed E-state index contributed by atoms with van der Waals surface area (Å²) in [7, 11) is 0. The molecule has 2 fully saturated rings. The average Bonchev–Trinajstić information content (AvgIpc) is 3.68. The van der Waals surface area contributed by atoms with E-state index in [0.29, 0.717) is 5.39 Å². The van der Waals surface area contributed by atoms with Crippen LogP contribution in [0.2, 0.25) is 0 Å². The number of rotatable bonds is 7. The molecule has 0 amide bonds. The van der Waals surface area contributed by atoms with Gasteiger partial charge in [-0.25, -0.2) is 23.4 Å². The molecule has 0 radical (unpaired) electrons. The van der Waals surface area contributed by atoms with Crippen LogP contribution in [0.5, 0.6) is 0 Å². The number of nitrogens with zero attached hydrogens (tertiary/aromatic N) is 7. The summed E-state index contributed by atoms with van der Waals surface area (Å²) < 4.78 is 44.6. The molecule has 0 aromatic carbocycles. The van der Waals surface area contributed by atoms with E-state index in [1.54, 1.807) is 6.07 Å². The zero-order valence-electron chi connectivity index (χ0n) is 20.6. The topological polar surface area (TPSA) is 238 Å². The van der Waals surface area contributed by atoms with Crippen LogP contribution in [-0.4, -0.2) is 103 Å². The predicted octanol–water partition coefficient (Wildman–Crippen LogP) is -0.648. The van der Waals surface area contributed by atoms with E-state index in [4.69, 9.17) is 32.5 Å². The number of alkyl halides is 2. The van der Waals surface area contributed by atoms with E-state index in [-0.39, 0.29) is 28.6 Å². The lowest BCUT2D eigenvalue weighted by molar-refractivity contribution is -0.0413. The van der Waals surface area contributed by atoms with Crippen molar-refractivity contribution >= 4 is 64.0 Å². The van der Waals surface area contributed by atoms with Crippen molar-refractivity contribution in [2.45, 2.75) is 47.1 Å². The first-order chi connectivity index (χ1) is 19.5. The largest absolute Gasteiger partial charge is 0.395 e. The Morgan fingerprint density at radius 2 is 2.05 bits per heavy atom. The van der Waals surface area contributed by atoms with Crippen molar-refractivity contribution in [1.29, 1.82) is 0 Å². The maximum atomic E-state index is 15.6. The number of ether oxygens (including phenoxy) is 1.